The molecule has 84 valence electrons. The minimum atomic E-state index is -0.270. The highest BCUT2D eigenvalue weighted by Crippen LogP contribution is 2.23. The summed E-state index contributed by atoms with van der Waals surface area (Å²) in [5.74, 6) is 0.906. The molecule has 0 saturated heterocycles. The summed E-state index contributed by atoms with van der Waals surface area (Å²) in [4.78, 5) is 4.20. The van der Waals surface area contributed by atoms with Crippen LogP contribution in [0.2, 0.25) is 0 Å². The standard InChI is InChI=1S/C10H11ClN4O/c1-5-4-8(7(3)14-13-5)10-12-9(6(2)11)15-16-10/h4,6H,1-3H3. The van der Waals surface area contributed by atoms with Crippen molar-refractivity contribution in [2.45, 2.75) is 26.1 Å². The molecule has 2 aromatic rings. The van der Waals surface area contributed by atoms with Crippen LogP contribution in [0.4, 0.5) is 0 Å². The number of rotatable bonds is 2. The number of halogens is 1. The summed E-state index contributed by atoms with van der Waals surface area (Å²) in [7, 11) is 0. The van der Waals surface area contributed by atoms with Crippen LogP contribution in [0, 0.1) is 13.8 Å². The molecule has 0 aliphatic carbocycles. The molecule has 2 rings (SSSR count). The van der Waals surface area contributed by atoms with Gasteiger partial charge in [-0.15, -0.1) is 11.6 Å². The van der Waals surface area contributed by atoms with E-state index in [0.717, 1.165) is 17.0 Å². The summed E-state index contributed by atoms with van der Waals surface area (Å²) in [6, 6.07) is 1.86. The quantitative estimate of drug-likeness (QED) is 0.752. The molecule has 0 radical (unpaired) electrons. The van der Waals surface area contributed by atoms with Gasteiger partial charge < -0.3 is 4.52 Å². The molecule has 16 heavy (non-hydrogen) atoms. The zero-order valence-electron chi connectivity index (χ0n) is 9.23. The number of alkyl halides is 1. The molecule has 0 amide bonds. The second-order valence-electron chi connectivity index (χ2n) is 3.56. The van der Waals surface area contributed by atoms with Crippen molar-refractivity contribution in [3.05, 3.63) is 23.3 Å². The van der Waals surface area contributed by atoms with E-state index >= 15 is 0 Å². The predicted molar refractivity (Wildman–Crippen MR) is 59.1 cm³/mol. The van der Waals surface area contributed by atoms with Gasteiger partial charge in [-0.3, -0.25) is 0 Å². The molecule has 0 saturated carbocycles. The Balaban J connectivity index is 2.46. The number of nitrogens with zero attached hydrogens (tertiary/aromatic N) is 4. The normalized spacial score (nSPS) is 12.8. The zero-order chi connectivity index (χ0) is 11.7. The zero-order valence-corrected chi connectivity index (χ0v) is 9.99. The first kappa shape index (κ1) is 11.0. The van der Waals surface area contributed by atoms with E-state index in [-0.39, 0.29) is 5.38 Å². The summed E-state index contributed by atoms with van der Waals surface area (Å²) in [6.07, 6.45) is 0. The van der Waals surface area contributed by atoms with Crippen LogP contribution in [0.15, 0.2) is 10.6 Å². The van der Waals surface area contributed by atoms with E-state index in [1.54, 1.807) is 6.92 Å². The van der Waals surface area contributed by atoms with Gasteiger partial charge >= 0.3 is 0 Å². The maximum absolute atomic E-state index is 5.86. The number of hydrogen-bond acceptors (Lipinski definition) is 5. The van der Waals surface area contributed by atoms with Gasteiger partial charge in [-0.2, -0.15) is 15.2 Å². The van der Waals surface area contributed by atoms with Gasteiger partial charge in [-0.05, 0) is 26.8 Å². The van der Waals surface area contributed by atoms with Gasteiger partial charge in [0.1, 0.15) is 0 Å². The van der Waals surface area contributed by atoms with Crippen LogP contribution in [-0.2, 0) is 0 Å². The molecule has 0 aliphatic rings. The lowest BCUT2D eigenvalue weighted by Gasteiger charge is -1.99. The number of hydrogen-bond donors (Lipinski definition) is 0. The lowest BCUT2D eigenvalue weighted by molar-refractivity contribution is 0.422. The van der Waals surface area contributed by atoms with Crippen LogP contribution in [0.1, 0.15) is 29.5 Å². The second kappa shape index (κ2) is 4.17. The lowest BCUT2D eigenvalue weighted by Crippen LogP contribution is -1.94. The molecule has 0 aromatic carbocycles. The third-order valence-electron chi connectivity index (χ3n) is 2.13. The van der Waals surface area contributed by atoms with Crippen molar-refractivity contribution in [3.8, 4) is 11.5 Å². The van der Waals surface area contributed by atoms with Crippen molar-refractivity contribution < 1.29 is 4.52 Å². The summed E-state index contributed by atoms with van der Waals surface area (Å²) in [5, 5.41) is 11.5. The van der Waals surface area contributed by atoms with Crippen molar-refractivity contribution in [3.63, 3.8) is 0 Å². The molecule has 0 fully saturated rings. The molecule has 0 bridgehead atoms. The molecule has 2 aromatic heterocycles. The van der Waals surface area contributed by atoms with E-state index in [2.05, 4.69) is 20.3 Å². The van der Waals surface area contributed by atoms with E-state index in [1.807, 2.05) is 19.9 Å². The van der Waals surface area contributed by atoms with Crippen LogP contribution < -0.4 is 0 Å². The molecule has 5 nitrogen and oxygen atoms in total. The second-order valence-corrected chi connectivity index (χ2v) is 4.21. The topological polar surface area (TPSA) is 64.7 Å². The first-order valence-corrected chi connectivity index (χ1v) is 5.30. The minimum Gasteiger partial charge on any atom is -0.334 e. The van der Waals surface area contributed by atoms with E-state index in [1.165, 1.54) is 0 Å². The monoisotopic (exact) mass is 238 g/mol. The summed E-state index contributed by atoms with van der Waals surface area (Å²) < 4.78 is 5.13. The highest BCUT2D eigenvalue weighted by Gasteiger charge is 2.15. The fourth-order valence-corrected chi connectivity index (χ4v) is 1.36. The summed E-state index contributed by atoms with van der Waals surface area (Å²) in [5.41, 5.74) is 2.35. The van der Waals surface area contributed by atoms with Gasteiger partial charge in [0, 0.05) is 0 Å². The van der Waals surface area contributed by atoms with Crippen molar-refractivity contribution >= 4 is 11.6 Å². The van der Waals surface area contributed by atoms with Gasteiger partial charge in [0.05, 0.1) is 22.3 Å². The number of aryl methyl sites for hydroxylation is 2. The van der Waals surface area contributed by atoms with Crippen LogP contribution in [0.3, 0.4) is 0 Å². The average Bonchev–Trinajstić information content (AvgIpc) is 2.70. The fraction of sp³-hybridized carbons (Fsp3) is 0.400. The summed E-state index contributed by atoms with van der Waals surface area (Å²) >= 11 is 5.86. The molecule has 1 unspecified atom stereocenters. The Morgan fingerprint density at radius 2 is 2.06 bits per heavy atom. The van der Waals surface area contributed by atoms with Gasteiger partial charge in [0.15, 0.2) is 5.82 Å². The maximum atomic E-state index is 5.86. The summed E-state index contributed by atoms with van der Waals surface area (Å²) in [6.45, 7) is 5.49. The Kier molecular flexibility index (Phi) is 2.87. The molecular weight excluding hydrogens is 228 g/mol. The molecule has 2 heterocycles. The number of aromatic nitrogens is 4. The van der Waals surface area contributed by atoms with E-state index in [4.69, 9.17) is 16.1 Å². The third kappa shape index (κ3) is 2.04. The minimum absolute atomic E-state index is 0.270. The van der Waals surface area contributed by atoms with Crippen molar-refractivity contribution in [2.75, 3.05) is 0 Å². The third-order valence-corrected chi connectivity index (χ3v) is 2.32. The van der Waals surface area contributed by atoms with Gasteiger partial charge in [-0.1, -0.05) is 5.16 Å². The Morgan fingerprint density at radius 3 is 2.69 bits per heavy atom. The van der Waals surface area contributed by atoms with Crippen LogP contribution >= 0.6 is 11.6 Å². The molecule has 0 spiro atoms. The molecule has 6 heteroatoms. The SMILES string of the molecule is Cc1cc(-c2nc(C(C)Cl)no2)c(C)nn1. The van der Waals surface area contributed by atoms with Crippen molar-refractivity contribution in [1.29, 1.82) is 0 Å². The largest absolute Gasteiger partial charge is 0.334 e. The molecule has 0 aliphatic heterocycles. The first-order chi connectivity index (χ1) is 7.58. The Morgan fingerprint density at radius 1 is 1.31 bits per heavy atom. The predicted octanol–water partition coefficient (Wildman–Crippen LogP) is 2.44. The maximum Gasteiger partial charge on any atom is 0.259 e. The van der Waals surface area contributed by atoms with Gasteiger partial charge in [0.2, 0.25) is 0 Å². The van der Waals surface area contributed by atoms with E-state index in [0.29, 0.717) is 11.7 Å². The van der Waals surface area contributed by atoms with E-state index in [9.17, 15) is 0 Å². The average molecular weight is 239 g/mol. The highest BCUT2D eigenvalue weighted by molar-refractivity contribution is 6.20. The molecular formula is C10H11ClN4O. The fourth-order valence-electron chi connectivity index (χ4n) is 1.27. The Hall–Kier alpha value is -1.49. The van der Waals surface area contributed by atoms with Gasteiger partial charge in [-0.25, -0.2) is 0 Å². The van der Waals surface area contributed by atoms with Crippen molar-refractivity contribution in [1.82, 2.24) is 20.3 Å². The van der Waals surface area contributed by atoms with E-state index < -0.39 is 0 Å². The Bertz CT molecular complexity index is 509. The Labute approximate surface area is 97.8 Å². The van der Waals surface area contributed by atoms with Crippen LogP contribution in [-0.4, -0.2) is 20.3 Å². The van der Waals surface area contributed by atoms with Gasteiger partial charge in [0.25, 0.3) is 5.89 Å². The highest BCUT2D eigenvalue weighted by atomic mass is 35.5. The molecule has 0 N–H and O–H groups in total. The van der Waals surface area contributed by atoms with Crippen molar-refractivity contribution in [2.24, 2.45) is 0 Å². The van der Waals surface area contributed by atoms with Crippen LogP contribution in [0.5, 0.6) is 0 Å². The smallest absolute Gasteiger partial charge is 0.259 e. The first-order valence-electron chi connectivity index (χ1n) is 4.87. The lowest BCUT2D eigenvalue weighted by atomic mass is 10.2. The molecule has 1 atom stereocenters. The van der Waals surface area contributed by atoms with Crippen LogP contribution in [0.25, 0.3) is 11.5 Å².